The summed E-state index contributed by atoms with van der Waals surface area (Å²) in [4.78, 5) is 26.2. The van der Waals surface area contributed by atoms with Gasteiger partial charge in [0.2, 0.25) is 0 Å². The van der Waals surface area contributed by atoms with Crippen molar-refractivity contribution in [2.75, 3.05) is 35.2 Å². The molecule has 4 heterocycles. The van der Waals surface area contributed by atoms with Gasteiger partial charge in [0.15, 0.2) is 11.5 Å². The number of aryl methyl sites for hydroxylation is 1. The van der Waals surface area contributed by atoms with Crippen LogP contribution in [0.15, 0.2) is 36.7 Å². The second kappa shape index (κ2) is 10.1. The van der Waals surface area contributed by atoms with E-state index in [9.17, 15) is 9.00 Å². The van der Waals surface area contributed by atoms with Crippen LogP contribution in [0.4, 0.5) is 17.5 Å². The lowest BCUT2D eigenvalue weighted by atomic mass is 9.73. The first-order valence-corrected chi connectivity index (χ1v) is 15.3. The highest BCUT2D eigenvalue weighted by atomic mass is 35.5. The maximum atomic E-state index is 13.3. The number of hydrogen-bond acceptors (Lipinski definition) is 7. The summed E-state index contributed by atoms with van der Waals surface area (Å²) >= 11 is 6.39. The van der Waals surface area contributed by atoms with Crippen LogP contribution in [0.1, 0.15) is 67.7 Å². The molecule has 212 valence electrons. The fourth-order valence-corrected chi connectivity index (χ4v) is 7.32. The van der Waals surface area contributed by atoms with Gasteiger partial charge in [-0.3, -0.25) is 9.69 Å². The Bertz CT molecular complexity index is 1480. The molecule has 3 aliphatic rings. The number of carbonyl (C=O) groups is 1. The van der Waals surface area contributed by atoms with E-state index in [4.69, 9.17) is 17.3 Å². The molecule has 0 bridgehead atoms. The lowest BCUT2D eigenvalue weighted by Crippen LogP contribution is -2.48. The Balaban J connectivity index is 1.20. The standard InChI is InChI=1S/C28H35ClN8O2S/c1-27(2,3)40(39)34-24-20-15-19(29)6-5-18(20)16-28(24)8-13-35(14-9-28)21-17-31-23(25(30)33-21)26(38)36-11-4-12-37-22(36)7-10-32-37/h5-7,10,15,17,24,34H,4,8-9,11-14,16H2,1-3H3,(H2,30,33)/t24?,40-/m1/s1. The molecule has 1 unspecified atom stereocenters. The Morgan fingerprint density at radius 2 is 1.95 bits per heavy atom. The molecule has 10 nitrogen and oxygen atoms in total. The Kier molecular flexibility index (Phi) is 6.87. The molecule has 0 saturated carbocycles. The average molecular weight is 583 g/mol. The summed E-state index contributed by atoms with van der Waals surface area (Å²) in [5, 5.41) is 4.97. The van der Waals surface area contributed by atoms with Crippen LogP contribution in [0, 0.1) is 5.41 Å². The summed E-state index contributed by atoms with van der Waals surface area (Å²) in [5.41, 5.74) is 8.78. The van der Waals surface area contributed by atoms with Gasteiger partial charge in [-0.05, 0) is 75.1 Å². The predicted molar refractivity (Wildman–Crippen MR) is 158 cm³/mol. The quantitative estimate of drug-likeness (QED) is 0.478. The van der Waals surface area contributed by atoms with Crippen LogP contribution in [0.5, 0.6) is 0 Å². The van der Waals surface area contributed by atoms with Gasteiger partial charge in [0.25, 0.3) is 5.91 Å². The van der Waals surface area contributed by atoms with E-state index in [0.29, 0.717) is 17.4 Å². The van der Waals surface area contributed by atoms with Crippen LogP contribution in [-0.2, 0) is 24.0 Å². The average Bonchev–Trinajstić information content (AvgIpc) is 3.51. The molecule has 3 N–H and O–H groups in total. The van der Waals surface area contributed by atoms with E-state index in [1.54, 1.807) is 17.3 Å². The van der Waals surface area contributed by atoms with Crippen molar-refractivity contribution in [3.05, 3.63) is 58.5 Å². The number of rotatable bonds is 4. The largest absolute Gasteiger partial charge is 0.382 e. The van der Waals surface area contributed by atoms with Crippen LogP contribution in [-0.4, -0.2) is 54.2 Å². The van der Waals surface area contributed by atoms with Crippen LogP contribution < -0.4 is 20.3 Å². The maximum Gasteiger partial charge on any atom is 0.281 e. The van der Waals surface area contributed by atoms with Crippen molar-refractivity contribution in [2.45, 2.75) is 63.8 Å². The maximum absolute atomic E-state index is 13.3. The summed E-state index contributed by atoms with van der Waals surface area (Å²) in [6, 6.07) is 7.83. The van der Waals surface area contributed by atoms with Crippen LogP contribution in [0.3, 0.4) is 0 Å². The minimum absolute atomic E-state index is 0.0578. The number of carbonyl (C=O) groups excluding carboxylic acids is 1. The predicted octanol–water partition coefficient (Wildman–Crippen LogP) is 3.90. The van der Waals surface area contributed by atoms with Crippen molar-refractivity contribution in [2.24, 2.45) is 5.41 Å². The second-order valence-electron chi connectivity index (χ2n) is 12.0. The summed E-state index contributed by atoms with van der Waals surface area (Å²) in [5.74, 6) is 1.27. The van der Waals surface area contributed by atoms with E-state index in [0.717, 1.165) is 56.7 Å². The normalized spacial score (nSPS) is 20.9. The molecule has 0 radical (unpaired) electrons. The SMILES string of the molecule is CC(C)(C)[S@@](=O)NC1c2cc(Cl)ccc2CC12CCN(c1cnc(C(=O)N3CCCn4nccc43)c(N)n1)CC2. The van der Waals surface area contributed by atoms with Gasteiger partial charge in [0, 0.05) is 37.3 Å². The van der Waals surface area contributed by atoms with Gasteiger partial charge in [-0.15, -0.1) is 0 Å². The van der Waals surface area contributed by atoms with E-state index < -0.39 is 11.0 Å². The summed E-state index contributed by atoms with van der Waals surface area (Å²) < 4.78 is 18.1. The number of aromatic nitrogens is 4. The molecule has 1 aromatic carbocycles. The molecule has 2 aromatic heterocycles. The van der Waals surface area contributed by atoms with Gasteiger partial charge in [0.05, 0.1) is 34.2 Å². The van der Waals surface area contributed by atoms with Gasteiger partial charge >= 0.3 is 0 Å². The lowest BCUT2D eigenvalue weighted by Gasteiger charge is -2.44. The number of hydrogen-bond donors (Lipinski definition) is 2. The Hall–Kier alpha value is -3.02. The van der Waals surface area contributed by atoms with Crippen molar-refractivity contribution in [3.8, 4) is 0 Å². The number of halogens is 1. The fourth-order valence-electron chi connectivity index (χ4n) is 6.19. The third kappa shape index (κ3) is 4.77. The highest BCUT2D eigenvalue weighted by Crippen LogP contribution is 2.53. The van der Waals surface area contributed by atoms with Gasteiger partial charge in [-0.25, -0.2) is 23.6 Å². The number of amides is 1. The number of benzene rings is 1. The molecular formula is C28H35ClN8O2S. The number of fused-ring (bicyclic) bond motifs is 2. The van der Waals surface area contributed by atoms with E-state index in [1.165, 1.54) is 5.56 Å². The number of nitrogens with zero attached hydrogens (tertiary/aromatic N) is 6. The molecule has 1 amide bonds. The lowest BCUT2D eigenvalue weighted by molar-refractivity contribution is 0.0977. The number of nitrogens with two attached hydrogens (primary N) is 1. The van der Waals surface area contributed by atoms with Crippen molar-refractivity contribution in [1.29, 1.82) is 0 Å². The number of nitrogen functional groups attached to an aromatic ring is 1. The first kappa shape index (κ1) is 27.2. The third-order valence-corrected chi connectivity index (χ3v) is 10.2. The third-order valence-electron chi connectivity index (χ3n) is 8.39. The zero-order valence-electron chi connectivity index (χ0n) is 23.1. The van der Waals surface area contributed by atoms with Crippen LogP contribution >= 0.6 is 11.6 Å². The number of piperidine rings is 1. The molecule has 2 aliphatic heterocycles. The molecule has 3 aromatic rings. The van der Waals surface area contributed by atoms with Gasteiger partial charge < -0.3 is 10.6 Å². The first-order valence-electron chi connectivity index (χ1n) is 13.7. The minimum Gasteiger partial charge on any atom is -0.382 e. The molecule has 1 fully saturated rings. The van der Waals surface area contributed by atoms with Crippen LogP contribution in [0.2, 0.25) is 5.02 Å². The van der Waals surface area contributed by atoms with Crippen molar-refractivity contribution < 1.29 is 9.00 Å². The Labute approximate surface area is 241 Å². The fraction of sp³-hybridized carbons (Fsp3) is 0.500. The Morgan fingerprint density at radius 3 is 2.67 bits per heavy atom. The van der Waals surface area contributed by atoms with Crippen LogP contribution in [0.25, 0.3) is 0 Å². The van der Waals surface area contributed by atoms with Gasteiger partial charge in [0.1, 0.15) is 11.6 Å². The molecule has 1 spiro atoms. The monoisotopic (exact) mass is 582 g/mol. The molecule has 12 heteroatoms. The first-order chi connectivity index (χ1) is 19.1. The number of nitrogens with one attached hydrogen (secondary N) is 1. The summed E-state index contributed by atoms with van der Waals surface area (Å²) in [6.45, 7) is 8.81. The van der Waals surface area contributed by atoms with E-state index in [2.05, 4.69) is 30.8 Å². The van der Waals surface area contributed by atoms with E-state index in [1.807, 2.05) is 43.7 Å². The zero-order valence-corrected chi connectivity index (χ0v) is 24.6. The Morgan fingerprint density at radius 1 is 1.18 bits per heavy atom. The summed E-state index contributed by atoms with van der Waals surface area (Å²) in [6.07, 6.45) is 6.81. The van der Waals surface area contributed by atoms with Gasteiger partial charge in [-0.2, -0.15) is 5.10 Å². The highest BCUT2D eigenvalue weighted by Gasteiger charge is 2.49. The van der Waals surface area contributed by atoms with Crippen molar-refractivity contribution in [3.63, 3.8) is 0 Å². The zero-order chi connectivity index (χ0) is 28.2. The number of anilines is 3. The second-order valence-corrected chi connectivity index (χ2v) is 14.4. The van der Waals surface area contributed by atoms with Crippen molar-refractivity contribution in [1.82, 2.24) is 24.5 Å². The summed E-state index contributed by atoms with van der Waals surface area (Å²) in [7, 11) is -1.22. The van der Waals surface area contributed by atoms with E-state index in [-0.39, 0.29) is 33.6 Å². The molecule has 1 aliphatic carbocycles. The highest BCUT2D eigenvalue weighted by molar-refractivity contribution is 7.84. The minimum atomic E-state index is -1.22. The van der Waals surface area contributed by atoms with Gasteiger partial charge in [-0.1, -0.05) is 17.7 Å². The molecular weight excluding hydrogens is 548 g/mol. The molecule has 2 atom stereocenters. The molecule has 1 saturated heterocycles. The molecule has 6 rings (SSSR count). The van der Waals surface area contributed by atoms with Crippen molar-refractivity contribution >= 4 is 45.9 Å². The smallest absolute Gasteiger partial charge is 0.281 e. The topological polar surface area (TPSA) is 122 Å². The van der Waals surface area contributed by atoms with E-state index >= 15 is 0 Å². The molecule has 40 heavy (non-hydrogen) atoms.